The van der Waals surface area contributed by atoms with Gasteiger partial charge in [-0.05, 0) is 68.1 Å². The van der Waals surface area contributed by atoms with Crippen molar-refractivity contribution in [3.63, 3.8) is 0 Å². The summed E-state index contributed by atoms with van der Waals surface area (Å²) in [5, 5.41) is 5.84. The molecule has 2 unspecified atom stereocenters. The summed E-state index contributed by atoms with van der Waals surface area (Å²) >= 11 is 1.96. The lowest BCUT2D eigenvalue weighted by atomic mass is 9.92. The fourth-order valence-corrected chi connectivity index (χ4v) is 4.01. The summed E-state index contributed by atoms with van der Waals surface area (Å²) in [5.41, 5.74) is 1.51. The monoisotopic (exact) mass is 237 g/mol. The van der Waals surface area contributed by atoms with Gasteiger partial charge in [0, 0.05) is 4.88 Å². The molecule has 0 aliphatic heterocycles. The molecule has 2 rings (SSSR count). The third-order valence-corrected chi connectivity index (χ3v) is 4.88. The molecule has 90 valence electrons. The van der Waals surface area contributed by atoms with Crippen molar-refractivity contribution in [2.75, 3.05) is 13.1 Å². The molecule has 1 aromatic heterocycles. The predicted octanol–water partition coefficient (Wildman–Crippen LogP) is 3.94. The Morgan fingerprint density at radius 1 is 1.44 bits per heavy atom. The third kappa shape index (κ3) is 2.67. The van der Waals surface area contributed by atoms with Gasteiger partial charge in [-0.25, -0.2) is 0 Å². The van der Waals surface area contributed by atoms with Crippen molar-refractivity contribution in [1.29, 1.82) is 0 Å². The lowest BCUT2D eigenvalue weighted by Crippen LogP contribution is -2.25. The van der Waals surface area contributed by atoms with E-state index in [0.29, 0.717) is 0 Å². The first-order valence-corrected chi connectivity index (χ1v) is 7.45. The van der Waals surface area contributed by atoms with Crippen LogP contribution in [0.4, 0.5) is 0 Å². The van der Waals surface area contributed by atoms with Crippen LogP contribution in [0.3, 0.4) is 0 Å². The average molecular weight is 237 g/mol. The van der Waals surface area contributed by atoms with Crippen molar-refractivity contribution in [2.24, 2.45) is 5.92 Å². The SMILES string of the molecule is CCCNCC1CCCC1c1sccc1C. The number of hydrogen-bond acceptors (Lipinski definition) is 2. The minimum absolute atomic E-state index is 0.837. The molecule has 1 heterocycles. The van der Waals surface area contributed by atoms with E-state index in [-0.39, 0.29) is 0 Å². The molecule has 0 amide bonds. The Kier molecular flexibility index (Phi) is 4.42. The Balaban J connectivity index is 1.95. The van der Waals surface area contributed by atoms with Crippen LogP contribution in [-0.2, 0) is 0 Å². The minimum Gasteiger partial charge on any atom is -0.316 e. The molecule has 1 saturated carbocycles. The lowest BCUT2D eigenvalue weighted by Gasteiger charge is -2.19. The van der Waals surface area contributed by atoms with Crippen LogP contribution in [0.2, 0.25) is 0 Å². The molecule has 1 fully saturated rings. The first kappa shape index (κ1) is 12.1. The molecule has 1 nitrogen and oxygen atoms in total. The number of rotatable bonds is 5. The maximum Gasteiger partial charge on any atom is 0.0109 e. The summed E-state index contributed by atoms with van der Waals surface area (Å²) in [7, 11) is 0. The summed E-state index contributed by atoms with van der Waals surface area (Å²) in [6.45, 7) is 6.89. The second-order valence-corrected chi connectivity index (χ2v) is 5.92. The van der Waals surface area contributed by atoms with Gasteiger partial charge >= 0.3 is 0 Å². The van der Waals surface area contributed by atoms with E-state index in [9.17, 15) is 0 Å². The highest BCUT2D eigenvalue weighted by Crippen LogP contribution is 2.42. The normalized spacial score (nSPS) is 25.1. The Morgan fingerprint density at radius 2 is 2.31 bits per heavy atom. The van der Waals surface area contributed by atoms with Crippen LogP contribution in [0.1, 0.15) is 49.0 Å². The van der Waals surface area contributed by atoms with E-state index in [4.69, 9.17) is 0 Å². The summed E-state index contributed by atoms with van der Waals surface area (Å²) in [4.78, 5) is 1.65. The molecule has 0 spiro atoms. The van der Waals surface area contributed by atoms with Crippen LogP contribution in [-0.4, -0.2) is 13.1 Å². The van der Waals surface area contributed by atoms with E-state index in [1.807, 2.05) is 11.3 Å². The van der Waals surface area contributed by atoms with Gasteiger partial charge in [-0.1, -0.05) is 13.3 Å². The van der Waals surface area contributed by atoms with Gasteiger partial charge in [0.2, 0.25) is 0 Å². The molecular weight excluding hydrogens is 214 g/mol. The van der Waals surface area contributed by atoms with Crippen LogP contribution >= 0.6 is 11.3 Å². The third-order valence-electron chi connectivity index (χ3n) is 3.73. The standard InChI is InChI=1S/C14H23NS/c1-3-8-15-10-12-5-4-6-13(12)14-11(2)7-9-16-14/h7,9,12-13,15H,3-6,8,10H2,1-2H3. The van der Waals surface area contributed by atoms with Crippen LogP contribution in [0.15, 0.2) is 11.4 Å². The summed E-state index contributed by atoms with van der Waals surface area (Å²) in [5.74, 6) is 1.72. The van der Waals surface area contributed by atoms with E-state index >= 15 is 0 Å². The molecule has 1 aliphatic carbocycles. The van der Waals surface area contributed by atoms with Gasteiger partial charge in [-0.3, -0.25) is 0 Å². The molecule has 2 heteroatoms. The molecular formula is C14H23NS. The van der Waals surface area contributed by atoms with Crippen molar-refractivity contribution < 1.29 is 0 Å². The van der Waals surface area contributed by atoms with E-state index < -0.39 is 0 Å². The van der Waals surface area contributed by atoms with Gasteiger partial charge < -0.3 is 5.32 Å². The number of hydrogen-bond donors (Lipinski definition) is 1. The molecule has 1 aromatic rings. The zero-order valence-corrected chi connectivity index (χ0v) is 11.3. The van der Waals surface area contributed by atoms with Crippen molar-refractivity contribution >= 4 is 11.3 Å². The number of thiophene rings is 1. The Labute approximate surface area is 103 Å². The summed E-state index contributed by atoms with van der Waals surface area (Å²) in [6.07, 6.45) is 5.48. The van der Waals surface area contributed by atoms with Crippen molar-refractivity contribution in [3.8, 4) is 0 Å². The molecule has 1 aliphatic rings. The first-order valence-electron chi connectivity index (χ1n) is 6.57. The molecule has 0 radical (unpaired) electrons. The van der Waals surface area contributed by atoms with E-state index in [1.165, 1.54) is 44.3 Å². The molecule has 1 N–H and O–H groups in total. The topological polar surface area (TPSA) is 12.0 Å². The fraction of sp³-hybridized carbons (Fsp3) is 0.714. The molecule has 2 atom stereocenters. The highest BCUT2D eigenvalue weighted by atomic mass is 32.1. The van der Waals surface area contributed by atoms with Crippen LogP contribution in [0.25, 0.3) is 0 Å². The lowest BCUT2D eigenvalue weighted by molar-refractivity contribution is 0.447. The second kappa shape index (κ2) is 5.83. The van der Waals surface area contributed by atoms with Gasteiger partial charge in [-0.2, -0.15) is 0 Å². The molecule has 0 saturated heterocycles. The second-order valence-electron chi connectivity index (χ2n) is 4.97. The average Bonchev–Trinajstić information content (AvgIpc) is 2.87. The maximum atomic E-state index is 3.59. The van der Waals surface area contributed by atoms with Crippen LogP contribution in [0, 0.1) is 12.8 Å². The zero-order chi connectivity index (χ0) is 11.4. The highest BCUT2D eigenvalue weighted by molar-refractivity contribution is 7.10. The van der Waals surface area contributed by atoms with Gasteiger partial charge in [0.05, 0.1) is 0 Å². The summed E-state index contributed by atoms with van der Waals surface area (Å²) in [6, 6.07) is 2.27. The van der Waals surface area contributed by atoms with Gasteiger partial charge in [0.15, 0.2) is 0 Å². The minimum atomic E-state index is 0.837. The highest BCUT2D eigenvalue weighted by Gasteiger charge is 2.29. The van der Waals surface area contributed by atoms with Gasteiger partial charge in [0.25, 0.3) is 0 Å². The maximum absolute atomic E-state index is 3.59. The molecule has 0 aromatic carbocycles. The largest absolute Gasteiger partial charge is 0.316 e. The smallest absolute Gasteiger partial charge is 0.0109 e. The van der Waals surface area contributed by atoms with Crippen molar-refractivity contribution in [3.05, 3.63) is 21.9 Å². The Bertz CT molecular complexity index is 318. The Morgan fingerprint density at radius 3 is 3.00 bits per heavy atom. The predicted molar refractivity (Wildman–Crippen MR) is 72.3 cm³/mol. The van der Waals surface area contributed by atoms with Crippen LogP contribution < -0.4 is 5.32 Å². The van der Waals surface area contributed by atoms with Gasteiger partial charge in [-0.15, -0.1) is 11.3 Å². The fourth-order valence-electron chi connectivity index (χ4n) is 2.85. The van der Waals surface area contributed by atoms with Crippen LogP contribution in [0.5, 0.6) is 0 Å². The first-order chi connectivity index (χ1) is 7.83. The number of aryl methyl sites for hydroxylation is 1. The quantitative estimate of drug-likeness (QED) is 0.765. The van der Waals surface area contributed by atoms with E-state index in [1.54, 1.807) is 4.88 Å². The van der Waals surface area contributed by atoms with E-state index in [2.05, 4.69) is 30.6 Å². The zero-order valence-electron chi connectivity index (χ0n) is 10.5. The number of nitrogens with one attached hydrogen (secondary N) is 1. The summed E-state index contributed by atoms with van der Waals surface area (Å²) < 4.78 is 0. The van der Waals surface area contributed by atoms with Crippen molar-refractivity contribution in [1.82, 2.24) is 5.32 Å². The molecule has 0 bridgehead atoms. The Hall–Kier alpha value is -0.340. The van der Waals surface area contributed by atoms with Crippen molar-refractivity contribution in [2.45, 2.75) is 45.4 Å². The van der Waals surface area contributed by atoms with Gasteiger partial charge in [0.1, 0.15) is 0 Å². The van der Waals surface area contributed by atoms with E-state index in [0.717, 1.165) is 11.8 Å². The molecule has 16 heavy (non-hydrogen) atoms.